The smallest absolute Gasteiger partial charge is 0.297 e. The van der Waals surface area contributed by atoms with E-state index in [9.17, 15) is 14.4 Å². The van der Waals surface area contributed by atoms with Crippen LogP contribution in [0.15, 0.2) is 75.9 Å². The van der Waals surface area contributed by atoms with E-state index in [1.807, 2.05) is 75.4 Å². The predicted octanol–water partition coefficient (Wildman–Crippen LogP) is 5.27. The van der Waals surface area contributed by atoms with E-state index in [1.54, 1.807) is 17.0 Å². The molecule has 0 fully saturated rings. The number of aromatic nitrogens is 2. The molecular formula is C31H24N4O4S. The number of anilines is 2. The van der Waals surface area contributed by atoms with Crippen LogP contribution in [0.2, 0.25) is 0 Å². The largest absolute Gasteiger partial charge is 0.450 e. The van der Waals surface area contributed by atoms with E-state index in [0.717, 1.165) is 16.7 Å². The third-order valence-corrected chi connectivity index (χ3v) is 8.87. The van der Waals surface area contributed by atoms with E-state index < -0.39 is 22.8 Å². The quantitative estimate of drug-likeness (QED) is 0.303. The first kappa shape index (κ1) is 24.4. The molecule has 0 bridgehead atoms. The normalized spacial score (nSPS) is 17.8. The van der Waals surface area contributed by atoms with Crippen molar-refractivity contribution in [3.8, 4) is 0 Å². The molecule has 1 unspecified atom stereocenters. The van der Waals surface area contributed by atoms with Gasteiger partial charge in [0.15, 0.2) is 11.0 Å². The van der Waals surface area contributed by atoms with Gasteiger partial charge in [0.05, 0.1) is 23.2 Å². The number of benzene rings is 3. The summed E-state index contributed by atoms with van der Waals surface area (Å²) in [5.41, 5.74) is 2.15. The van der Waals surface area contributed by atoms with Gasteiger partial charge in [-0.3, -0.25) is 19.3 Å². The number of para-hydroxylation sites is 1. The Morgan fingerprint density at radius 2 is 1.73 bits per heavy atom. The van der Waals surface area contributed by atoms with Gasteiger partial charge >= 0.3 is 0 Å². The Kier molecular flexibility index (Phi) is 5.30. The number of hydrogen-bond acceptors (Lipinski definition) is 7. The number of amides is 2. The Morgan fingerprint density at radius 3 is 2.50 bits per heavy atom. The molecule has 0 N–H and O–H groups in total. The Morgan fingerprint density at radius 1 is 0.950 bits per heavy atom. The van der Waals surface area contributed by atoms with Crippen LogP contribution in [0.4, 0.5) is 10.8 Å². The molecule has 7 rings (SSSR count). The second kappa shape index (κ2) is 8.69. The Bertz CT molecular complexity index is 1940. The number of hydrogen-bond donors (Lipinski definition) is 0. The van der Waals surface area contributed by atoms with Crippen molar-refractivity contribution in [1.82, 2.24) is 10.2 Å². The predicted molar refractivity (Wildman–Crippen MR) is 153 cm³/mol. The van der Waals surface area contributed by atoms with Gasteiger partial charge < -0.3 is 9.32 Å². The summed E-state index contributed by atoms with van der Waals surface area (Å²) in [6.07, 6.45) is 0.615. The highest BCUT2D eigenvalue weighted by Crippen LogP contribution is 2.54. The minimum absolute atomic E-state index is 0.0218. The van der Waals surface area contributed by atoms with Crippen molar-refractivity contribution in [1.29, 1.82) is 0 Å². The van der Waals surface area contributed by atoms with Crippen LogP contribution in [0.3, 0.4) is 0 Å². The van der Waals surface area contributed by atoms with Crippen molar-refractivity contribution in [2.75, 3.05) is 9.80 Å². The lowest BCUT2D eigenvalue weighted by Gasteiger charge is -2.32. The van der Waals surface area contributed by atoms with Crippen LogP contribution in [0.5, 0.6) is 0 Å². The van der Waals surface area contributed by atoms with Crippen molar-refractivity contribution < 1.29 is 14.0 Å². The molecule has 4 heterocycles. The van der Waals surface area contributed by atoms with Crippen molar-refractivity contribution in [3.05, 3.63) is 116 Å². The second-order valence-electron chi connectivity index (χ2n) is 10.2. The molecule has 5 aromatic rings. The van der Waals surface area contributed by atoms with E-state index in [2.05, 4.69) is 10.2 Å². The second-order valence-corrected chi connectivity index (χ2v) is 11.2. The minimum Gasteiger partial charge on any atom is -0.450 e. The lowest BCUT2D eigenvalue weighted by atomic mass is 9.84. The number of carbonyl (C=O) groups is 2. The van der Waals surface area contributed by atoms with Crippen molar-refractivity contribution in [3.63, 3.8) is 0 Å². The molecule has 2 aliphatic rings. The molecular weight excluding hydrogens is 524 g/mol. The molecule has 2 aliphatic heterocycles. The van der Waals surface area contributed by atoms with Crippen LogP contribution < -0.4 is 15.2 Å². The van der Waals surface area contributed by atoms with Crippen LogP contribution in [0.25, 0.3) is 11.0 Å². The third kappa shape index (κ3) is 3.15. The zero-order valence-corrected chi connectivity index (χ0v) is 22.9. The first-order valence-corrected chi connectivity index (χ1v) is 13.9. The summed E-state index contributed by atoms with van der Waals surface area (Å²) in [6.45, 7) is 6.10. The van der Waals surface area contributed by atoms with Gasteiger partial charge in [0, 0.05) is 5.56 Å². The van der Waals surface area contributed by atoms with Gasteiger partial charge in [-0.1, -0.05) is 72.4 Å². The molecule has 8 nitrogen and oxygen atoms in total. The Hall–Kier alpha value is -4.63. The summed E-state index contributed by atoms with van der Waals surface area (Å²) < 4.78 is 6.15. The molecule has 0 aliphatic carbocycles. The van der Waals surface area contributed by atoms with Gasteiger partial charge in [-0.15, -0.1) is 10.2 Å². The molecule has 9 heteroatoms. The molecule has 3 aromatic carbocycles. The van der Waals surface area contributed by atoms with Crippen LogP contribution >= 0.6 is 11.3 Å². The SMILES string of the molecule is CCc1nnc(N2C(=O)c3oc4ccc(C)cc4c(=O)c3C23C(=O)N(Cc2ccccc2C)c2ccccc23)s1. The third-order valence-electron chi connectivity index (χ3n) is 7.82. The maximum Gasteiger partial charge on any atom is 0.297 e. The number of aryl methyl sites for hydroxylation is 3. The van der Waals surface area contributed by atoms with Crippen molar-refractivity contribution >= 4 is 44.9 Å². The summed E-state index contributed by atoms with van der Waals surface area (Å²) in [4.78, 5) is 46.5. The van der Waals surface area contributed by atoms with E-state index in [0.29, 0.717) is 33.6 Å². The van der Waals surface area contributed by atoms with E-state index in [4.69, 9.17) is 4.42 Å². The minimum atomic E-state index is -1.78. The van der Waals surface area contributed by atoms with Crippen molar-refractivity contribution in [2.45, 2.75) is 39.3 Å². The maximum atomic E-state index is 14.9. The first-order valence-electron chi connectivity index (χ1n) is 13.1. The van der Waals surface area contributed by atoms with E-state index >= 15 is 0 Å². The van der Waals surface area contributed by atoms with Gasteiger partial charge in [-0.25, -0.2) is 0 Å². The zero-order valence-electron chi connectivity index (χ0n) is 22.1. The fourth-order valence-corrected chi connectivity index (χ4v) is 6.70. The molecule has 0 saturated heterocycles. The fraction of sp³-hybridized carbons (Fsp3) is 0.194. The summed E-state index contributed by atoms with van der Waals surface area (Å²) in [5, 5.41) is 9.84. The monoisotopic (exact) mass is 548 g/mol. The number of nitrogens with zero attached hydrogens (tertiary/aromatic N) is 4. The zero-order chi connectivity index (χ0) is 27.8. The molecule has 2 amide bonds. The van der Waals surface area contributed by atoms with E-state index in [1.165, 1.54) is 16.2 Å². The summed E-state index contributed by atoms with van der Waals surface area (Å²) in [7, 11) is 0. The average Bonchev–Trinajstić information content (AvgIpc) is 3.60. The van der Waals surface area contributed by atoms with Crippen LogP contribution in [0, 0.1) is 13.8 Å². The topological polar surface area (TPSA) is 96.6 Å². The molecule has 2 aromatic heterocycles. The molecule has 0 saturated carbocycles. The van der Waals surface area contributed by atoms with Gasteiger partial charge in [-0.2, -0.15) is 0 Å². The lowest BCUT2D eigenvalue weighted by Crippen LogP contribution is -2.53. The molecule has 40 heavy (non-hydrogen) atoms. The number of fused-ring (bicyclic) bond motifs is 5. The Balaban J connectivity index is 1.56. The van der Waals surface area contributed by atoms with Crippen LogP contribution in [0.1, 0.15) is 50.3 Å². The molecule has 1 spiro atoms. The summed E-state index contributed by atoms with van der Waals surface area (Å²) in [5.74, 6) is -1.14. The maximum absolute atomic E-state index is 14.9. The van der Waals surface area contributed by atoms with Gasteiger partial charge in [0.2, 0.25) is 10.9 Å². The van der Waals surface area contributed by atoms with Crippen molar-refractivity contribution in [2.24, 2.45) is 0 Å². The Labute approximate surface area is 233 Å². The van der Waals surface area contributed by atoms with Crippen LogP contribution in [-0.2, 0) is 23.3 Å². The summed E-state index contributed by atoms with van der Waals surface area (Å²) in [6, 6.07) is 20.4. The fourth-order valence-electron chi connectivity index (χ4n) is 5.87. The van der Waals surface area contributed by atoms with Gasteiger partial charge in [0.25, 0.3) is 11.8 Å². The van der Waals surface area contributed by atoms with Gasteiger partial charge in [0.1, 0.15) is 10.6 Å². The first-order chi connectivity index (χ1) is 19.4. The van der Waals surface area contributed by atoms with Gasteiger partial charge in [-0.05, 0) is 49.6 Å². The number of carbonyl (C=O) groups excluding carboxylic acids is 2. The number of rotatable bonds is 4. The molecule has 1 atom stereocenters. The van der Waals surface area contributed by atoms with Crippen LogP contribution in [-0.4, -0.2) is 22.0 Å². The molecule has 0 radical (unpaired) electrons. The van der Waals surface area contributed by atoms with E-state index in [-0.39, 0.29) is 23.0 Å². The highest BCUT2D eigenvalue weighted by atomic mass is 32.1. The highest BCUT2D eigenvalue weighted by molar-refractivity contribution is 7.15. The molecule has 198 valence electrons. The summed E-state index contributed by atoms with van der Waals surface area (Å²) >= 11 is 1.23. The lowest BCUT2D eigenvalue weighted by molar-refractivity contribution is -0.121. The highest BCUT2D eigenvalue weighted by Gasteiger charge is 2.66. The average molecular weight is 549 g/mol. The standard InChI is InChI=1S/C31H24N4O4S/c1-4-24-32-33-30(40-24)35-28(37)27-25(26(36)20-15-17(2)13-14-23(20)39-27)31(35)21-11-7-8-12-22(21)34(29(31)38)16-19-10-6-5-9-18(19)3/h5-15H,4,16H2,1-3H3.